The first-order valence-corrected chi connectivity index (χ1v) is 15.7. The van der Waals surface area contributed by atoms with Gasteiger partial charge in [-0.1, -0.05) is 24.3 Å². The molecular weight excluding hydrogens is 652 g/mol. The number of morpholine rings is 1. The number of alkyl halides is 3. The Kier molecular flexibility index (Phi) is 8.27. The minimum absolute atomic E-state index is 0.202. The molecule has 1 spiro atoms. The van der Waals surface area contributed by atoms with E-state index in [0.717, 1.165) is 37.3 Å². The second-order valence-corrected chi connectivity index (χ2v) is 12.7. The van der Waals surface area contributed by atoms with Crippen molar-refractivity contribution < 1.29 is 46.2 Å². The maximum absolute atomic E-state index is 14.4. The van der Waals surface area contributed by atoms with Crippen LogP contribution in [0.3, 0.4) is 0 Å². The number of halogens is 4. The summed E-state index contributed by atoms with van der Waals surface area (Å²) in [6, 6.07) is 8.46. The van der Waals surface area contributed by atoms with E-state index < -0.39 is 79.4 Å². The summed E-state index contributed by atoms with van der Waals surface area (Å²) in [5.74, 6) is -3.12. The number of nitrogens with one attached hydrogen (secondary N) is 1. The SMILES string of the molecule is O=C1C[C@]2(NC(=O)N(CC(=O)N(Cc3ccc(F)cc3)C3(C(F)(F)F)COC3)C2=O)c2ccc(-c3cnn(CCN4CCOCC4)c3)cc21. The minimum Gasteiger partial charge on any atom is -0.379 e. The number of nitrogens with zero attached hydrogens (tertiary/aromatic N) is 5. The summed E-state index contributed by atoms with van der Waals surface area (Å²) in [5, 5.41) is 6.98. The summed E-state index contributed by atoms with van der Waals surface area (Å²) >= 11 is 0. The lowest BCUT2D eigenvalue weighted by Crippen LogP contribution is -2.72. The number of carbonyl (C=O) groups is 4. The van der Waals surface area contributed by atoms with E-state index in [1.807, 2.05) is 6.20 Å². The van der Waals surface area contributed by atoms with Crippen LogP contribution in [0.2, 0.25) is 0 Å². The molecule has 3 saturated heterocycles. The monoisotopic (exact) mass is 684 g/mol. The van der Waals surface area contributed by atoms with Crippen molar-refractivity contribution in [2.45, 2.75) is 36.8 Å². The van der Waals surface area contributed by atoms with Crippen molar-refractivity contribution >= 4 is 23.6 Å². The fraction of sp³-hybridized carbons (Fsp3) is 0.424. The number of ketones is 1. The van der Waals surface area contributed by atoms with Gasteiger partial charge in [0.2, 0.25) is 5.91 Å². The van der Waals surface area contributed by atoms with E-state index >= 15 is 0 Å². The number of fused-ring (bicyclic) bond motifs is 2. The third-order valence-electron chi connectivity index (χ3n) is 9.67. The average Bonchev–Trinajstić information content (AvgIpc) is 3.70. The topological polar surface area (TPSA) is 126 Å². The van der Waals surface area contributed by atoms with Gasteiger partial charge in [-0.25, -0.2) is 9.18 Å². The number of urea groups is 1. The first-order valence-electron chi connectivity index (χ1n) is 15.7. The van der Waals surface area contributed by atoms with Crippen LogP contribution in [0.25, 0.3) is 11.1 Å². The second-order valence-electron chi connectivity index (χ2n) is 12.7. The average molecular weight is 685 g/mol. The van der Waals surface area contributed by atoms with E-state index in [2.05, 4.69) is 15.3 Å². The Balaban J connectivity index is 1.10. The zero-order valence-electron chi connectivity index (χ0n) is 26.2. The highest BCUT2D eigenvalue weighted by Crippen LogP contribution is 2.44. The van der Waals surface area contributed by atoms with Crippen LogP contribution in [0.5, 0.6) is 0 Å². The summed E-state index contributed by atoms with van der Waals surface area (Å²) < 4.78 is 68.7. The first-order chi connectivity index (χ1) is 23.4. The molecule has 1 aliphatic carbocycles. The van der Waals surface area contributed by atoms with Gasteiger partial charge in [0.15, 0.2) is 16.9 Å². The zero-order chi connectivity index (χ0) is 34.6. The molecule has 7 rings (SSSR count). The molecule has 1 atom stereocenters. The third kappa shape index (κ3) is 5.76. The van der Waals surface area contributed by atoms with Crippen molar-refractivity contribution in [3.8, 4) is 11.1 Å². The molecule has 0 unspecified atom stereocenters. The van der Waals surface area contributed by atoms with Crippen LogP contribution >= 0.6 is 0 Å². The molecule has 0 radical (unpaired) electrons. The largest absolute Gasteiger partial charge is 0.416 e. The Bertz CT molecular complexity index is 1800. The number of hydrogen-bond donors (Lipinski definition) is 1. The molecule has 49 heavy (non-hydrogen) atoms. The van der Waals surface area contributed by atoms with Gasteiger partial charge < -0.3 is 19.7 Å². The molecule has 4 amide bonds. The van der Waals surface area contributed by atoms with Crippen LogP contribution in [-0.4, -0.2) is 112 Å². The summed E-state index contributed by atoms with van der Waals surface area (Å²) in [6.07, 6.45) is -1.80. The maximum Gasteiger partial charge on any atom is 0.416 e. The number of imide groups is 1. The molecule has 12 nitrogen and oxygen atoms in total. The van der Waals surface area contributed by atoms with Crippen molar-refractivity contribution in [2.75, 3.05) is 52.6 Å². The number of aromatic nitrogens is 2. The number of Topliss-reactive ketones (excluding diaryl/α,β-unsaturated/α-hetero) is 1. The Morgan fingerprint density at radius 3 is 2.39 bits per heavy atom. The van der Waals surface area contributed by atoms with Crippen molar-refractivity contribution in [3.05, 3.63) is 77.4 Å². The molecule has 0 saturated carbocycles. The van der Waals surface area contributed by atoms with Crippen LogP contribution < -0.4 is 5.32 Å². The van der Waals surface area contributed by atoms with Gasteiger partial charge in [-0.15, -0.1) is 0 Å². The Hall–Kier alpha value is -4.67. The Morgan fingerprint density at radius 2 is 1.71 bits per heavy atom. The molecule has 4 heterocycles. The molecule has 1 aromatic heterocycles. The van der Waals surface area contributed by atoms with Gasteiger partial charge in [-0.3, -0.25) is 28.9 Å². The molecule has 258 valence electrons. The van der Waals surface area contributed by atoms with Crippen LogP contribution in [0.1, 0.15) is 27.9 Å². The number of rotatable bonds is 9. The maximum atomic E-state index is 14.4. The molecule has 16 heteroatoms. The van der Waals surface area contributed by atoms with E-state index in [9.17, 15) is 36.7 Å². The van der Waals surface area contributed by atoms with Crippen molar-refractivity contribution in [3.63, 3.8) is 0 Å². The van der Waals surface area contributed by atoms with E-state index in [-0.39, 0.29) is 16.7 Å². The molecule has 3 aliphatic heterocycles. The Morgan fingerprint density at radius 1 is 0.980 bits per heavy atom. The lowest BCUT2D eigenvalue weighted by Gasteiger charge is -2.50. The Labute approximate surface area is 277 Å². The van der Waals surface area contributed by atoms with Gasteiger partial charge in [0, 0.05) is 49.9 Å². The predicted molar refractivity (Wildman–Crippen MR) is 162 cm³/mol. The van der Waals surface area contributed by atoms with Crippen molar-refractivity contribution in [1.29, 1.82) is 0 Å². The first kappa shape index (κ1) is 32.9. The number of carbonyl (C=O) groups excluding carboxylic acids is 4. The van der Waals surface area contributed by atoms with Gasteiger partial charge in [-0.2, -0.15) is 18.3 Å². The molecule has 2 aromatic carbocycles. The number of benzene rings is 2. The minimum atomic E-state index is -4.91. The van der Waals surface area contributed by atoms with Gasteiger partial charge in [-0.05, 0) is 34.9 Å². The van der Waals surface area contributed by atoms with Gasteiger partial charge in [0.1, 0.15) is 12.4 Å². The van der Waals surface area contributed by atoms with Crippen molar-refractivity contribution in [1.82, 2.24) is 29.8 Å². The van der Waals surface area contributed by atoms with E-state index in [1.54, 1.807) is 29.1 Å². The van der Waals surface area contributed by atoms with Crippen LogP contribution in [-0.2, 0) is 37.7 Å². The number of amides is 4. The molecule has 1 N–H and O–H groups in total. The van der Waals surface area contributed by atoms with Gasteiger partial charge >= 0.3 is 12.2 Å². The lowest BCUT2D eigenvalue weighted by molar-refractivity contribution is -0.302. The lowest BCUT2D eigenvalue weighted by atomic mass is 9.90. The predicted octanol–water partition coefficient (Wildman–Crippen LogP) is 2.71. The van der Waals surface area contributed by atoms with E-state index in [4.69, 9.17) is 9.47 Å². The number of hydrogen-bond acceptors (Lipinski definition) is 8. The molecule has 3 fully saturated rings. The highest BCUT2D eigenvalue weighted by molar-refractivity contribution is 6.17. The van der Waals surface area contributed by atoms with Crippen molar-refractivity contribution in [2.24, 2.45) is 0 Å². The van der Waals surface area contributed by atoms with Crippen LogP contribution in [0.4, 0.5) is 22.4 Å². The normalized spacial score (nSPS) is 22.0. The third-order valence-corrected chi connectivity index (χ3v) is 9.67. The summed E-state index contributed by atoms with van der Waals surface area (Å²) in [4.78, 5) is 57.4. The summed E-state index contributed by atoms with van der Waals surface area (Å²) in [5.41, 5.74) is -2.47. The number of ether oxygens (including phenoxy) is 2. The van der Waals surface area contributed by atoms with Gasteiger partial charge in [0.25, 0.3) is 5.91 Å². The highest BCUT2D eigenvalue weighted by atomic mass is 19.4. The van der Waals surface area contributed by atoms with Gasteiger partial charge in [0.05, 0.1) is 39.2 Å². The standard InChI is InChI=1S/C33H32F4N6O6/c34-24-4-1-21(2-5-24)16-43(31(19-49-20-31)33(35,36)37)28(45)18-42-29(46)32(39-30(42)47)14-27(44)25-13-22(3-6-26(25)32)23-15-38-41(17-23)8-7-40-9-11-48-12-10-40/h1-6,13,15,17H,7-12,14,16,18-20H2,(H,39,47)/t32-/m0/s1. The zero-order valence-corrected chi connectivity index (χ0v) is 26.2. The molecular formula is C33H32F4N6O6. The fourth-order valence-electron chi connectivity index (χ4n) is 6.77. The van der Waals surface area contributed by atoms with Crippen LogP contribution in [0.15, 0.2) is 54.9 Å². The quantitative estimate of drug-likeness (QED) is 0.270. The molecule has 3 aromatic rings. The van der Waals surface area contributed by atoms with Crippen LogP contribution in [0, 0.1) is 5.82 Å². The molecule has 4 aliphatic rings. The molecule has 0 bridgehead atoms. The summed E-state index contributed by atoms with van der Waals surface area (Å²) in [7, 11) is 0. The highest BCUT2D eigenvalue weighted by Gasteiger charge is 2.65. The van der Waals surface area contributed by atoms with E-state index in [0.29, 0.717) is 35.1 Å². The smallest absolute Gasteiger partial charge is 0.379 e. The van der Waals surface area contributed by atoms with E-state index in [1.165, 1.54) is 12.1 Å². The fourth-order valence-corrected chi connectivity index (χ4v) is 6.77. The summed E-state index contributed by atoms with van der Waals surface area (Å²) in [6.45, 7) is 1.25. The second kappa shape index (κ2) is 12.3.